The van der Waals surface area contributed by atoms with Crippen molar-refractivity contribution in [3.05, 3.63) is 77.0 Å². The van der Waals surface area contributed by atoms with E-state index in [2.05, 4.69) is 6.58 Å². The molecule has 5 rings (SSSR count). The van der Waals surface area contributed by atoms with Gasteiger partial charge in [0.25, 0.3) is 5.91 Å². The first-order chi connectivity index (χ1) is 17.7. The van der Waals surface area contributed by atoms with Gasteiger partial charge in [-0.2, -0.15) is 0 Å². The Morgan fingerprint density at radius 1 is 1.18 bits per heavy atom. The lowest BCUT2D eigenvalue weighted by atomic mass is 10.0. The van der Waals surface area contributed by atoms with E-state index >= 15 is 0 Å². The Kier molecular flexibility index (Phi) is 5.13. The predicted octanol–water partition coefficient (Wildman–Crippen LogP) is 2.37. The summed E-state index contributed by atoms with van der Waals surface area (Å²) in [6.07, 6.45) is -2.23. The Morgan fingerprint density at radius 2 is 1.97 bits per heavy atom. The van der Waals surface area contributed by atoms with E-state index in [1.807, 2.05) is 24.3 Å². The van der Waals surface area contributed by atoms with E-state index in [0.717, 1.165) is 11.1 Å². The molecule has 0 radical (unpaired) electrons. The summed E-state index contributed by atoms with van der Waals surface area (Å²) in [5.74, 6) is -0.582. The average Bonchev–Trinajstić information content (AvgIpc) is 3.23. The fraction of sp³-hybridized carbons (Fsp3) is 0.346. The zero-order valence-electron chi connectivity index (χ0n) is 21.7. The maximum absolute atomic E-state index is 13.1. The van der Waals surface area contributed by atoms with Crippen LogP contribution in [0, 0.1) is 0 Å². The summed E-state index contributed by atoms with van der Waals surface area (Å²) in [5, 5.41) is 0.459. The molecule has 1 N–H and O–H groups in total. The molecule has 0 bridgehead atoms. The third-order valence-corrected chi connectivity index (χ3v) is 6.23. The van der Waals surface area contributed by atoms with E-state index in [1.165, 1.54) is 4.90 Å². The number of piperidine rings is 1. The number of morpholine rings is 1. The Hall–Kier alpha value is -3.65. The minimum Gasteiger partial charge on any atom is -0.489 e. The molecule has 0 saturated carbocycles. The number of carbonyl (C=O) groups is 3. The van der Waals surface area contributed by atoms with Gasteiger partial charge in [-0.25, -0.2) is 0 Å². The molecule has 0 aromatic heterocycles. The summed E-state index contributed by atoms with van der Waals surface area (Å²) >= 11 is 0. The van der Waals surface area contributed by atoms with Gasteiger partial charge in [0.2, 0.25) is 11.8 Å². The standard InChI is InChI=1S/C26H27N3O5/c1-17-5-10-22(25(31)27-17)29-14-21-20(26(29)32)3-2-4-23(21)34-15-19-8-6-18(7-9-19)13-28-11-12-33-16-24(28)30/h2-4,6-9,22H,1,5,10-16H2,(H,27,31)/i5D2/hD. The van der Waals surface area contributed by atoms with Crippen LogP contribution in [0.15, 0.2) is 54.7 Å². The summed E-state index contributed by atoms with van der Waals surface area (Å²) < 4.78 is 35.4. The Bertz CT molecular complexity index is 1270. The molecule has 0 spiro atoms. The van der Waals surface area contributed by atoms with Gasteiger partial charge in [-0.3, -0.25) is 14.4 Å². The van der Waals surface area contributed by atoms with Gasteiger partial charge >= 0.3 is 0 Å². The number of benzene rings is 2. The number of carbonyl (C=O) groups excluding carboxylic acids is 3. The number of allylic oxidation sites excluding steroid dienone is 1. The zero-order chi connectivity index (χ0) is 26.3. The lowest BCUT2D eigenvalue weighted by Gasteiger charge is -2.31. The number of nitrogens with zero attached hydrogens (tertiary/aromatic N) is 2. The lowest BCUT2D eigenvalue weighted by molar-refractivity contribution is -0.143. The molecule has 0 aliphatic carbocycles. The monoisotopic (exact) mass is 464 g/mol. The molecule has 34 heavy (non-hydrogen) atoms. The van der Waals surface area contributed by atoms with Gasteiger partial charge in [-0.15, -0.1) is 0 Å². The van der Waals surface area contributed by atoms with E-state index < -0.39 is 24.2 Å². The molecule has 8 nitrogen and oxygen atoms in total. The number of hydrogen-bond donors (Lipinski definition) is 1. The number of hydrogen-bond acceptors (Lipinski definition) is 5. The van der Waals surface area contributed by atoms with Gasteiger partial charge in [0, 0.05) is 32.7 Å². The summed E-state index contributed by atoms with van der Waals surface area (Å²) in [6.45, 7) is 5.62. The smallest absolute Gasteiger partial charge is 0.255 e. The van der Waals surface area contributed by atoms with Crippen LogP contribution in [-0.4, -0.2) is 53.3 Å². The van der Waals surface area contributed by atoms with Crippen LogP contribution >= 0.6 is 0 Å². The number of ether oxygens (including phenoxy) is 2. The fourth-order valence-corrected chi connectivity index (χ4v) is 4.35. The van der Waals surface area contributed by atoms with E-state index in [1.54, 1.807) is 23.1 Å². The van der Waals surface area contributed by atoms with Crippen LogP contribution in [0.3, 0.4) is 0 Å². The summed E-state index contributed by atoms with van der Waals surface area (Å²) in [6, 6.07) is 11.8. The molecule has 2 aromatic rings. The number of nitrogens with one attached hydrogen (secondary N) is 1. The zero-order valence-corrected chi connectivity index (χ0v) is 18.7. The van der Waals surface area contributed by atoms with Crippen molar-refractivity contribution in [2.24, 2.45) is 0 Å². The van der Waals surface area contributed by atoms with Crippen molar-refractivity contribution < 1.29 is 28.0 Å². The molecular weight excluding hydrogens is 434 g/mol. The predicted molar refractivity (Wildman–Crippen MR) is 124 cm³/mol. The topological polar surface area (TPSA) is 88.2 Å². The summed E-state index contributed by atoms with van der Waals surface area (Å²) in [7, 11) is 0. The first-order valence-electron chi connectivity index (χ1n) is 12.6. The number of amides is 3. The Morgan fingerprint density at radius 3 is 2.76 bits per heavy atom. The van der Waals surface area contributed by atoms with Crippen molar-refractivity contribution in [1.29, 1.82) is 0 Å². The average molecular weight is 465 g/mol. The van der Waals surface area contributed by atoms with Crippen LogP contribution in [0.4, 0.5) is 0 Å². The largest absolute Gasteiger partial charge is 0.489 e. The second kappa shape index (κ2) is 9.30. The highest BCUT2D eigenvalue weighted by Gasteiger charge is 2.39. The Balaban J connectivity index is 1.26. The molecule has 8 heteroatoms. The highest BCUT2D eigenvalue weighted by Crippen LogP contribution is 2.34. The molecule has 1 atom stereocenters. The summed E-state index contributed by atoms with van der Waals surface area (Å²) in [4.78, 5) is 40.9. The quantitative estimate of drug-likeness (QED) is 0.709. The van der Waals surface area contributed by atoms with E-state index in [9.17, 15) is 14.4 Å². The highest BCUT2D eigenvalue weighted by atomic mass is 16.5. The lowest BCUT2D eigenvalue weighted by Crippen LogP contribution is -2.49. The maximum Gasteiger partial charge on any atom is 0.255 e. The van der Waals surface area contributed by atoms with Gasteiger partial charge in [0.15, 0.2) is 1.41 Å². The molecular formula is C26H27N3O5. The first kappa shape index (κ1) is 18.7. The van der Waals surface area contributed by atoms with Crippen LogP contribution < -0.4 is 10.0 Å². The normalized spacial score (nSPS) is 23.5. The fourth-order valence-electron chi connectivity index (χ4n) is 4.35. The molecule has 3 amide bonds. The van der Waals surface area contributed by atoms with Gasteiger partial charge in [-0.1, -0.05) is 36.9 Å². The van der Waals surface area contributed by atoms with Crippen molar-refractivity contribution in [2.45, 2.75) is 38.5 Å². The second-order valence-electron chi connectivity index (χ2n) is 8.48. The van der Waals surface area contributed by atoms with Gasteiger partial charge < -0.3 is 24.6 Å². The van der Waals surface area contributed by atoms with Crippen LogP contribution in [-0.2, 0) is 34.0 Å². The van der Waals surface area contributed by atoms with Gasteiger partial charge in [-0.05, 0) is 36.1 Å². The molecule has 2 fully saturated rings. The van der Waals surface area contributed by atoms with Crippen LogP contribution in [0.1, 0.15) is 42.6 Å². The third kappa shape index (κ3) is 4.41. The maximum atomic E-state index is 13.1. The number of rotatable bonds is 6. The van der Waals surface area contributed by atoms with E-state index in [4.69, 9.17) is 13.6 Å². The van der Waals surface area contributed by atoms with Crippen molar-refractivity contribution in [3.63, 3.8) is 0 Å². The van der Waals surface area contributed by atoms with E-state index in [-0.39, 0.29) is 37.8 Å². The van der Waals surface area contributed by atoms with Crippen LogP contribution in [0.25, 0.3) is 0 Å². The minimum atomic E-state index is -1.98. The van der Waals surface area contributed by atoms with Crippen molar-refractivity contribution in [1.82, 2.24) is 15.1 Å². The molecule has 2 aromatic carbocycles. The third-order valence-electron chi connectivity index (χ3n) is 6.23. The Labute approximate surface area is 202 Å². The van der Waals surface area contributed by atoms with Gasteiger partial charge in [0.05, 0.1) is 13.2 Å². The molecule has 2 saturated heterocycles. The molecule has 1 unspecified atom stereocenters. The van der Waals surface area contributed by atoms with Crippen LogP contribution in [0.2, 0.25) is 1.41 Å². The molecule has 3 heterocycles. The van der Waals surface area contributed by atoms with Crippen molar-refractivity contribution in [3.8, 4) is 5.75 Å². The minimum absolute atomic E-state index is 0.0216. The van der Waals surface area contributed by atoms with Crippen molar-refractivity contribution >= 4 is 17.7 Å². The van der Waals surface area contributed by atoms with E-state index in [0.29, 0.717) is 41.9 Å². The molecule has 3 aliphatic heterocycles. The molecule has 3 aliphatic rings. The SMILES string of the molecule is [2H]N1C(=C)C([2H])([2H])CC(N2Cc3c(OCc4ccc(CN5CCOCC5=O)cc4)cccc3C2=O)C1=O. The summed E-state index contributed by atoms with van der Waals surface area (Å²) in [5.41, 5.74) is 2.71. The van der Waals surface area contributed by atoms with Crippen LogP contribution in [0.5, 0.6) is 5.75 Å². The molecule has 176 valence electrons. The number of fused-ring (bicyclic) bond motifs is 1. The second-order valence-corrected chi connectivity index (χ2v) is 8.48. The highest BCUT2D eigenvalue weighted by molar-refractivity contribution is 6.02. The van der Waals surface area contributed by atoms with Crippen molar-refractivity contribution in [2.75, 3.05) is 19.8 Å². The van der Waals surface area contributed by atoms with Gasteiger partial charge in [0.1, 0.15) is 25.0 Å². The first-order valence-corrected chi connectivity index (χ1v) is 11.2.